The van der Waals surface area contributed by atoms with E-state index in [0.29, 0.717) is 16.5 Å². The lowest BCUT2D eigenvalue weighted by atomic mass is 10.1. The molecule has 3 heterocycles. The molecule has 7 heteroatoms. The zero-order chi connectivity index (χ0) is 18.8. The second-order valence-electron chi connectivity index (χ2n) is 5.77. The molecule has 0 aliphatic rings. The lowest BCUT2D eigenvalue weighted by Gasteiger charge is -2.00. The van der Waals surface area contributed by atoms with Crippen LogP contribution in [0.5, 0.6) is 0 Å². The molecule has 0 aliphatic carbocycles. The van der Waals surface area contributed by atoms with Crippen molar-refractivity contribution >= 4 is 39.5 Å². The van der Waals surface area contributed by atoms with Crippen molar-refractivity contribution < 1.29 is 14.0 Å². The Balaban J connectivity index is 1.48. The van der Waals surface area contributed by atoms with E-state index in [9.17, 15) is 9.59 Å². The predicted molar refractivity (Wildman–Crippen MR) is 108 cm³/mol. The normalized spacial score (nSPS) is 10.7. The molecule has 134 valence electrons. The second-order valence-corrected chi connectivity index (χ2v) is 7.57. The number of ketones is 1. The number of thiophene rings is 1. The molecule has 0 spiro atoms. The Bertz CT molecular complexity index is 1090. The summed E-state index contributed by atoms with van der Waals surface area (Å²) < 4.78 is 5.67. The summed E-state index contributed by atoms with van der Waals surface area (Å²) in [4.78, 5) is 29.3. The van der Waals surface area contributed by atoms with Gasteiger partial charge in [-0.1, -0.05) is 30.3 Å². The number of benzene rings is 1. The molecule has 3 aromatic heterocycles. The van der Waals surface area contributed by atoms with Crippen LogP contribution in [0.2, 0.25) is 0 Å². The Morgan fingerprint density at radius 3 is 2.56 bits per heavy atom. The first-order valence-electron chi connectivity index (χ1n) is 8.12. The largest absolute Gasteiger partial charge is 0.451 e. The van der Waals surface area contributed by atoms with Crippen LogP contribution in [-0.4, -0.2) is 16.7 Å². The number of carbonyl (C=O) groups excluding carboxylic acids is 2. The molecule has 0 radical (unpaired) electrons. The van der Waals surface area contributed by atoms with Gasteiger partial charge in [0.1, 0.15) is 5.76 Å². The first kappa shape index (κ1) is 17.4. The summed E-state index contributed by atoms with van der Waals surface area (Å²) in [5.74, 6) is 0.419. The SMILES string of the molecule is CC(=O)c1ccc(-c2ccc(C(=O)Nc3nc(-c4cccs4)cs3)o2)cc1. The van der Waals surface area contributed by atoms with Crippen LogP contribution in [0, 0.1) is 0 Å². The summed E-state index contributed by atoms with van der Waals surface area (Å²) in [6.07, 6.45) is 0. The third kappa shape index (κ3) is 3.74. The zero-order valence-electron chi connectivity index (χ0n) is 14.3. The fourth-order valence-corrected chi connectivity index (χ4v) is 3.98. The lowest BCUT2D eigenvalue weighted by Crippen LogP contribution is -2.10. The molecule has 4 rings (SSSR count). The van der Waals surface area contributed by atoms with Crippen LogP contribution >= 0.6 is 22.7 Å². The van der Waals surface area contributed by atoms with Crippen molar-refractivity contribution in [2.24, 2.45) is 0 Å². The summed E-state index contributed by atoms with van der Waals surface area (Å²) >= 11 is 2.97. The van der Waals surface area contributed by atoms with Crippen LogP contribution < -0.4 is 5.32 Å². The predicted octanol–water partition coefficient (Wildman–Crippen LogP) is 5.59. The fraction of sp³-hybridized carbons (Fsp3) is 0.0500. The monoisotopic (exact) mass is 394 g/mol. The first-order chi connectivity index (χ1) is 13.1. The third-order valence-electron chi connectivity index (χ3n) is 3.90. The maximum Gasteiger partial charge on any atom is 0.293 e. The number of anilines is 1. The molecule has 0 bridgehead atoms. The molecule has 5 nitrogen and oxygen atoms in total. The van der Waals surface area contributed by atoms with E-state index in [1.807, 2.05) is 22.9 Å². The van der Waals surface area contributed by atoms with E-state index >= 15 is 0 Å². The molecule has 0 atom stereocenters. The average molecular weight is 394 g/mol. The summed E-state index contributed by atoms with van der Waals surface area (Å²) in [7, 11) is 0. The molecule has 0 saturated carbocycles. The van der Waals surface area contributed by atoms with Crippen LogP contribution in [0.1, 0.15) is 27.8 Å². The summed E-state index contributed by atoms with van der Waals surface area (Å²) in [5.41, 5.74) is 2.28. The lowest BCUT2D eigenvalue weighted by molar-refractivity contribution is 0.0994. The van der Waals surface area contributed by atoms with Crippen molar-refractivity contribution in [1.29, 1.82) is 0 Å². The number of carbonyl (C=O) groups is 2. The standard InChI is InChI=1S/C20H14N2O3S2/c1-12(23)13-4-6-14(7-5-13)16-8-9-17(25-16)19(24)22-20-21-15(11-27-20)18-3-2-10-26-18/h2-11H,1H3,(H,21,22,24). The van der Waals surface area contributed by atoms with Crippen molar-refractivity contribution in [2.45, 2.75) is 6.92 Å². The first-order valence-corrected chi connectivity index (χ1v) is 9.88. The Morgan fingerprint density at radius 1 is 1.04 bits per heavy atom. The summed E-state index contributed by atoms with van der Waals surface area (Å²) in [6.45, 7) is 1.52. The van der Waals surface area contributed by atoms with Crippen molar-refractivity contribution in [3.63, 3.8) is 0 Å². The minimum Gasteiger partial charge on any atom is -0.451 e. The van der Waals surface area contributed by atoms with Gasteiger partial charge in [0.2, 0.25) is 0 Å². The highest BCUT2D eigenvalue weighted by Gasteiger charge is 2.15. The van der Waals surface area contributed by atoms with E-state index < -0.39 is 0 Å². The minimum absolute atomic E-state index is 0.00595. The molecular formula is C20H14N2O3S2. The minimum atomic E-state index is -0.353. The number of hydrogen-bond acceptors (Lipinski definition) is 6. The molecular weight excluding hydrogens is 380 g/mol. The molecule has 0 aliphatic heterocycles. The van der Waals surface area contributed by atoms with Gasteiger partial charge >= 0.3 is 0 Å². The molecule has 1 amide bonds. The quantitative estimate of drug-likeness (QED) is 0.448. The van der Waals surface area contributed by atoms with Gasteiger partial charge in [0, 0.05) is 16.5 Å². The average Bonchev–Trinajstić information content (AvgIpc) is 3.42. The fourth-order valence-electron chi connectivity index (χ4n) is 2.51. The number of furan rings is 1. The van der Waals surface area contributed by atoms with Crippen molar-refractivity contribution in [3.8, 4) is 21.9 Å². The number of nitrogens with one attached hydrogen (secondary N) is 1. The molecule has 1 aromatic carbocycles. The number of amides is 1. The van der Waals surface area contributed by atoms with Gasteiger partial charge in [0.25, 0.3) is 5.91 Å². The van der Waals surface area contributed by atoms with Gasteiger partial charge in [0.15, 0.2) is 16.7 Å². The highest BCUT2D eigenvalue weighted by molar-refractivity contribution is 7.16. The number of thiazole rings is 1. The number of rotatable bonds is 5. The van der Waals surface area contributed by atoms with Gasteiger partial charge in [-0.15, -0.1) is 22.7 Å². The van der Waals surface area contributed by atoms with Crippen molar-refractivity contribution in [3.05, 3.63) is 70.6 Å². The summed E-state index contributed by atoms with van der Waals surface area (Å²) in [6, 6.07) is 14.4. The molecule has 27 heavy (non-hydrogen) atoms. The van der Waals surface area contributed by atoms with Crippen molar-refractivity contribution in [1.82, 2.24) is 4.98 Å². The Labute approximate surface area is 163 Å². The van der Waals surface area contributed by atoms with Gasteiger partial charge < -0.3 is 4.42 Å². The van der Waals surface area contributed by atoms with E-state index in [4.69, 9.17) is 4.42 Å². The van der Waals surface area contributed by atoms with E-state index in [2.05, 4.69) is 10.3 Å². The van der Waals surface area contributed by atoms with E-state index in [-0.39, 0.29) is 17.5 Å². The van der Waals surface area contributed by atoms with Crippen molar-refractivity contribution in [2.75, 3.05) is 5.32 Å². The summed E-state index contributed by atoms with van der Waals surface area (Å²) in [5, 5.41) is 7.18. The van der Waals surface area contributed by atoms with Crippen LogP contribution in [0.4, 0.5) is 5.13 Å². The number of nitrogens with zero attached hydrogens (tertiary/aromatic N) is 1. The van der Waals surface area contributed by atoms with Crippen LogP contribution in [0.15, 0.2) is 63.7 Å². The number of aromatic nitrogens is 1. The maximum absolute atomic E-state index is 12.4. The third-order valence-corrected chi connectivity index (χ3v) is 5.55. The Morgan fingerprint density at radius 2 is 1.85 bits per heavy atom. The molecule has 0 saturated heterocycles. The van der Waals surface area contributed by atoms with Crippen LogP contribution in [0.25, 0.3) is 21.9 Å². The van der Waals surface area contributed by atoms with E-state index in [1.165, 1.54) is 18.3 Å². The smallest absolute Gasteiger partial charge is 0.293 e. The topological polar surface area (TPSA) is 72.2 Å². The maximum atomic E-state index is 12.4. The van der Waals surface area contributed by atoms with Gasteiger partial charge in [-0.05, 0) is 30.5 Å². The second kappa shape index (κ2) is 7.30. The van der Waals surface area contributed by atoms with Crippen LogP contribution in [0.3, 0.4) is 0 Å². The van der Waals surface area contributed by atoms with Gasteiger partial charge in [-0.3, -0.25) is 14.9 Å². The molecule has 1 N–H and O–H groups in total. The Kier molecular flexibility index (Phi) is 4.70. The zero-order valence-corrected chi connectivity index (χ0v) is 15.9. The van der Waals surface area contributed by atoms with Gasteiger partial charge in [-0.2, -0.15) is 0 Å². The number of Topliss-reactive ketones (excluding diaryl/α,β-unsaturated/α-hetero) is 1. The van der Waals surface area contributed by atoms with Gasteiger partial charge in [0.05, 0.1) is 10.6 Å². The van der Waals surface area contributed by atoms with E-state index in [1.54, 1.807) is 47.7 Å². The van der Waals surface area contributed by atoms with E-state index in [0.717, 1.165) is 16.1 Å². The Hall–Kier alpha value is -3.03. The van der Waals surface area contributed by atoms with Crippen LogP contribution in [-0.2, 0) is 0 Å². The van der Waals surface area contributed by atoms with Gasteiger partial charge in [-0.25, -0.2) is 4.98 Å². The number of hydrogen-bond donors (Lipinski definition) is 1. The molecule has 0 unspecified atom stereocenters. The molecule has 0 fully saturated rings. The molecule has 4 aromatic rings. The highest BCUT2D eigenvalue weighted by Crippen LogP contribution is 2.29. The highest BCUT2D eigenvalue weighted by atomic mass is 32.1.